The number of nitrogens with one attached hydrogen (secondary N) is 1. The molecule has 1 fully saturated rings. The van der Waals surface area contributed by atoms with E-state index in [1.807, 2.05) is 11.8 Å². The molecule has 1 atom stereocenters. The first-order valence-corrected chi connectivity index (χ1v) is 5.44. The molecule has 116 valence electrons. The molecule has 0 aromatic carbocycles. The van der Waals surface area contributed by atoms with E-state index in [9.17, 15) is 23.3 Å². The van der Waals surface area contributed by atoms with Gasteiger partial charge in [-0.05, 0) is 6.92 Å². The van der Waals surface area contributed by atoms with Gasteiger partial charge in [0, 0.05) is 25.7 Å². The number of carbonyl (C=O) groups is 1. The summed E-state index contributed by atoms with van der Waals surface area (Å²) in [6.45, 7) is 4.04. The van der Waals surface area contributed by atoms with Crippen LogP contribution in [-0.2, 0) is 4.79 Å². The fourth-order valence-corrected chi connectivity index (χ4v) is 1.32. The molecule has 20 heavy (non-hydrogen) atoms. The summed E-state index contributed by atoms with van der Waals surface area (Å²) in [5.41, 5.74) is 5.60. The standard InChI is InChI=1S/C7H14N4O2.C2HF3O2/c1-6(8)4-10-3-2-9-7(10)5-11(12)13;3-2(4,5)1(6)7/h5-6,9H,2-4,8H2,1H3;(H,6,7)/b7-5+;/t6-;/m0./s1. The van der Waals surface area contributed by atoms with Crippen molar-refractivity contribution in [2.45, 2.75) is 19.1 Å². The monoisotopic (exact) mass is 300 g/mol. The molecule has 8 nitrogen and oxygen atoms in total. The quantitative estimate of drug-likeness (QED) is 0.493. The largest absolute Gasteiger partial charge is 0.490 e. The van der Waals surface area contributed by atoms with E-state index in [0.29, 0.717) is 12.4 Å². The Balaban J connectivity index is 0.000000441. The molecule has 0 amide bonds. The molecule has 0 aliphatic carbocycles. The minimum absolute atomic E-state index is 0.0232. The predicted octanol–water partition coefficient (Wildman–Crippen LogP) is -0.0523. The van der Waals surface area contributed by atoms with Crippen molar-refractivity contribution >= 4 is 5.97 Å². The number of alkyl halides is 3. The van der Waals surface area contributed by atoms with Crippen LogP contribution in [0.2, 0.25) is 0 Å². The third kappa shape index (κ3) is 7.41. The number of halogens is 3. The van der Waals surface area contributed by atoms with E-state index >= 15 is 0 Å². The van der Waals surface area contributed by atoms with Crippen LogP contribution in [0.3, 0.4) is 0 Å². The van der Waals surface area contributed by atoms with Crippen molar-refractivity contribution in [2.24, 2.45) is 5.73 Å². The van der Waals surface area contributed by atoms with Gasteiger partial charge in [-0.3, -0.25) is 10.1 Å². The Kier molecular flexibility index (Phi) is 6.76. The summed E-state index contributed by atoms with van der Waals surface area (Å²) < 4.78 is 31.7. The number of hydrogen-bond acceptors (Lipinski definition) is 6. The molecule has 4 N–H and O–H groups in total. The molecular formula is C9H15F3N4O4. The average Bonchev–Trinajstić information content (AvgIpc) is 2.63. The smallest absolute Gasteiger partial charge is 0.475 e. The fourth-order valence-electron chi connectivity index (χ4n) is 1.32. The topological polar surface area (TPSA) is 122 Å². The molecule has 1 saturated heterocycles. The highest BCUT2D eigenvalue weighted by Crippen LogP contribution is 2.13. The van der Waals surface area contributed by atoms with Gasteiger partial charge in [-0.1, -0.05) is 0 Å². The van der Waals surface area contributed by atoms with Gasteiger partial charge in [0.05, 0.1) is 4.92 Å². The van der Waals surface area contributed by atoms with Crippen LogP contribution in [0.15, 0.2) is 12.0 Å². The number of nitro groups is 1. The van der Waals surface area contributed by atoms with E-state index in [4.69, 9.17) is 15.6 Å². The summed E-state index contributed by atoms with van der Waals surface area (Å²) in [5.74, 6) is -2.20. The second-order valence-electron chi connectivity index (χ2n) is 3.95. The zero-order valence-corrected chi connectivity index (χ0v) is 10.6. The number of carboxylic acid groups (broad SMARTS) is 1. The number of aliphatic carboxylic acids is 1. The van der Waals surface area contributed by atoms with Crippen LogP contribution in [0.5, 0.6) is 0 Å². The summed E-state index contributed by atoms with van der Waals surface area (Å²) >= 11 is 0. The molecule has 0 spiro atoms. The third-order valence-electron chi connectivity index (χ3n) is 2.01. The second-order valence-corrected chi connectivity index (χ2v) is 3.95. The Morgan fingerprint density at radius 2 is 2.20 bits per heavy atom. The van der Waals surface area contributed by atoms with Gasteiger partial charge in [0.25, 0.3) is 6.20 Å². The highest BCUT2D eigenvalue weighted by molar-refractivity contribution is 5.73. The van der Waals surface area contributed by atoms with Gasteiger partial charge < -0.3 is 21.1 Å². The predicted molar refractivity (Wildman–Crippen MR) is 62.0 cm³/mol. The SMILES string of the molecule is C[C@H](N)CN1CCN/C1=C\[N+](=O)[O-].O=C(O)C(F)(F)F. The minimum Gasteiger partial charge on any atom is -0.475 e. The van der Waals surface area contributed by atoms with Gasteiger partial charge in [-0.15, -0.1) is 0 Å². The maximum absolute atomic E-state index is 10.6. The Bertz CT molecular complexity index is 384. The summed E-state index contributed by atoms with van der Waals surface area (Å²) in [7, 11) is 0. The molecule has 11 heteroatoms. The van der Waals surface area contributed by atoms with E-state index in [1.54, 1.807) is 0 Å². The van der Waals surface area contributed by atoms with E-state index in [1.165, 1.54) is 0 Å². The lowest BCUT2D eigenvalue weighted by molar-refractivity contribution is -0.404. The first-order valence-electron chi connectivity index (χ1n) is 5.44. The van der Waals surface area contributed by atoms with E-state index in [0.717, 1.165) is 19.3 Å². The first-order chi connectivity index (χ1) is 9.04. The van der Waals surface area contributed by atoms with Crippen LogP contribution in [0, 0.1) is 10.1 Å². The summed E-state index contributed by atoms with van der Waals surface area (Å²) in [6.07, 6.45) is -4.10. The van der Waals surface area contributed by atoms with Crippen LogP contribution in [0.25, 0.3) is 0 Å². The van der Waals surface area contributed by atoms with Crippen molar-refractivity contribution in [3.63, 3.8) is 0 Å². The normalized spacial score (nSPS) is 18.1. The second kappa shape index (κ2) is 7.53. The van der Waals surface area contributed by atoms with Crippen LogP contribution in [-0.4, -0.2) is 52.8 Å². The molecule has 1 heterocycles. The van der Waals surface area contributed by atoms with Crippen LogP contribution in [0.4, 0.5) is 13.2 Å². The van der Waals surface area contributed by atoms with Crippen molar-refractivity contribution in [1.82, 2.24) is 10.2 Å². The lowest BCUT2D eigenvalue weighted by Crippen LogP contribution is -2.33. The molecule has 1 aliphatic heterocycles. The molecule has 0 saturated carbocycles. The lowest BCUT2D eigenvalue weighted by Gasteiger charge is -2.18. The van der Waals surface area contributed by atoms with Crippen molar-refractivity contribution in [2.75, 3.05) is 19.6 Å². The summed E-state index contributed by atoms with van der Waals surface area (Å²) in [4.78, 5) is 20.5. The average molecular weight is 300 g/mol. The number of carboxylic acids is 1. The number of hydrogen-bond donors (Lipinski definition) is 3. The van der Waals surface area contributed by atoms with Gasteiger partial charge in [0.15, 0.2) is 5.82 Å². The van der Waals surface area contributed by atoms with Crippen LogP contribution >= 0.6 is 0 Å². The summed E-state index contributed by atoms with van der Waals surface area (Å²) in [5, 5.41) is 20.3. The van der Waals surface area contributed by atoms with Gasteiger partial charge in [0.2, 0.25) is 0 Å². The van der Waals surface area contributed by atoms with Crippen molar-refractivity contribution in [3.05, 3.63) is 22.1 Å². The molecule has 0 unspecified atom stereocenters. The maximum atomic E-state index is 10.6. The number of nitrogens with zero attached hydrogens (tertiary/aromatic N) is 2. The summed E-state index contributed by atoms with van der Waals surface area (Å²) in [6, 6.07) is 0.0232. The Hall–Kier alpha value is -2.04. The molecular weight excluding hydrogens is 285 g/mol. The highest BCUT2D eigenvalue weighted by atomic mass is 19.4. The van der Waals surface area contributed by atoms with Gasteiger partial charge in [0.1, 0.15) is 0 Å². The number of nitrogens with two attached hydrogens (primary N) is 1. The Labute approximate surface area is 112 Å². The molecule has 0 aromatic rings. The fraction of sp³-hybridized carbons (Fsp3) is 0.667. The van der Waals surface area contributed by atoms with Crippen molar-refractivity contribution in [3.8, 4) is 0 Å². The zero-order valence-electron chi connectivity index (χ0n) is 10.6. The maximum Gasteiger partial charge on any atom is 0.490 e. The lowest BCUT2D eigenvalue weighted by atomic mass is 10.3. The van der Waals surface area contributed by atoms with Gasteiger partial charge in [-0.2, -0.15) is 13.2 Å². The number of rotatable bonds is 3. The minimum atomic E-state index is -5.08. The van der Waals surface area contributed by atoms with Crippen LogP contribution < -0.4 is 11.1 Å². The molecule has 0 radical (unpaired) electrons. The molecule has 0 bridgehead atoms. The van der Waals surface area contributed by atoms with Gasteiger partial charge >= 0.3 is 12.1 Å². The van der Waals surface area contributed by atoms with Crippen molar-refractivity contribution < 1.29 is 28.0 Å². The van der Waals surface area contributed by atoms with E-state index in [2.05, 4.69) is 5.32 Å². The highest BCUT2D eigenvalue weighted by Gasteiger charge is 2.38. The van der Waals surface area contributed by atoms with Crippen molar-refractivity contribution in [1.29, 1.82) is 0 Å². The van der Waals surface area contributed by atoms with Gasteiger partial charge in [-0.25, -0.2) is 4.79 Å². The van der Waals surface area contributed by atoms with E-state index in [-0.39, 0.29) is 6.04 Å². The molecule has 1 aliphatic rings. The molecule has 1 rings (SSSR count). The third-order valence-corrected chi connectivity index (χ3v) is 2.01. The molecule has 0 aromatic heterocycles. The van der Waals surface area contributed by atoms with Crippen LogP contribution in [0.1, 0.15) is 6.92 Å². The zero-order chi connectivity index (χ0) is 15.9. The Morgan fingerprint density at radius 3 is 2.55 bits per heavy atom. The first kappa shape index (κ1) is 18.0. The Morgan fingerprint density at radius 1 is 1.70 bits per heavy atom. The van der Waals surface area contributed by atoms with E-state index < -0.39 is 17.1 Å².